The molecule has 0 spiro atoms. The number of nitrogens with zero attached hydrogens (tertiary/aromatic N) is 1. The van der Waals surface area contributed by atoms with Crippen molar-refractivity contribution in [3.63, 3.8) is 0 Å². The summed E-state index contributed by atoms with van der Waals surface area (Å²) in [7, 11) is 0. The highest BCUT2D eigenvalue weighted by atomic mass is 19.1. The minimum absolute atomic E-state index is 0.0671. The lowest BCUT2D eigenvalue weighted by Gasteiger charge is -2.09. The van der Waals surface area contributed by atoms with E-state index in [0.29, 0.717) is 23.6 Å². The number of pyridine rings is 1. The number of halogens is 1. The topological polar surface area (TPSA) is 77.2 Å². The van der Waals surface area contributed by atoms with Crippen molar-refractivity contribution in [1.82, 2.24) is 4.98 Å². The standard InChI is InChI=1S/C14H14FN3O2/c1-2-20-13-4-3-9(7-11(13)16)14(19)18-12-5-6-17-8-10(12)15/h3-8H,2,16H2,1H3,(H,17,18,19). The van der Waals surface area contributed by atoms with Gasteiger partial charge in [0.1, 0.15) is 5.75 Å². The van der Waals surface area contributed by atoms with Crippen molar-refractivity contribution < 1.29 is 13.9 Å². The molecular formula is C14H14FN3O2. The molecule has 5 nitrogen and oxygen atoms in total. The molecule has 2 rings (SSSR count). The zero-order valence-corrected chi connectivity index (χ0v) is 10.9. The Labute approximate surface area is 115 Å². The van der Waals surface area contributed by atoms with Gasteiger partial charge in [-0.2, -0.15) is 0 Å². The average molecular weight is 275 g/mol. The van der Waals surface area contributed by atoms with Crippen molar-refractivity contribution in [2.24, 2.45) is 0 Å². The molecule has 0 saturated heterocycles. The Bertz CT molecular complexity index is 632. The summed E-state index contributed by atoms with van der Waals surface area (Å²) in [5, 5.41) is 2.45. The fourth-order valence-electron chi connectivity index (χ4n) is 1.65. The maximum Gasteiger partial charge on any atom is 0.255 e. The van der Waals surface area contributed by atoms with Gasteiger partial charge in [0.2, 0.25) is 0 Å². The molecule has 0 aliphatic carbocycles. The number of benzene rings is 1. The van der Waals surface area contributed by atoms with Crippen LogP contribution >= 0.6 is 0 Å². The molecule has 0 atom stereocenters. The lowest BCUT2D eigenvalue weighted by molar-refractivity contribution is 0.102. The highest BCUT2D eigenvalue weighted by molar-refractivity contribution is 6.05. The van der Waals surface area contributed by atoms with E-state index in [4.69, 9.17) is 10.5 Å². The molecular weight excluding hydrogens is 261 g/mol. The molecule has 1 aromatic carbocycles. The lowest BCUT2D eigenvalue weighted by atomic mass is 10.1. The maximum absolute atomic E-state index is 13.4. The quantitative estimate of drug-likeness (QED) is 0.840. The molecule has 2 aromatic rings. The van der Waals surface area contributed by atoms with E-state index in [0.717, 1.165) is 6.20 Å². The molecule has 0 fully saturated rings. The Morgan fingerprint density at radius 3 is 2.90 bits per heavy atom. The molecule has 104 valence electrons. The second-order valence-electron chi connectivity index (χ2n) is 4.00. The van der Waals surface area contributed by atoms with E-state index in [2.05, 4.69) is 10.3 Å². The minimum atomic E-state index is -0.597. The zero-order chi connectivity index (χ0) is 14.5. The molecule has 3 N–H and O–H groups in total. The number of hydrogen-bond donors (Lipinski definition) is 2. The minimum Gasteiger partial charge on any atom is -0.492 e. The molecule has 0 aliphatic rings. The van der Waals surface area contributed by atoms with E-state index in [1.165, 1.54) is 18.3 Å². The number of amides is 1. The Balaban J connectivity index is 2.18. The van der Waals surface area contributed by atoms with Crippen LogP contribution in [0.5, 0.6) is 5.75 Å². The first-order chi connectivity index (χ1) is 9.61. The summed E-state index contributed by atoms with van der Waals surface area (Å²) < 4.78 is 18.7. The van der Waals surface area contributed by atoms with Gasteiger partial charge in [-0.25, -0.2) is 4.39 Å². The van der Waals surface area contributed by atoms with Gasteiger partial charge < -0.3 is 15.8 Å². The van der Waals surface area contributed by atoms with Gasteiger partial charge >= 0.3 is 0 Å². The Kier molecular flexibility index (Phi) is 4.14. The van der Waals surface area contributed by atoms with E-state index in [1.807, 2.05) is 6.92 Å². The first-order valence-electron chi connectivity index (χ1n) is 6.05. The third-order valence-corrected chi connectivity index (χ3v) is 2.59. The summed E-state index contributed by atoms with van der Waals surface area (Å²) in [5.41, 5.74) is 6.52. The van der Waals surface area contributed by atoms with Gasteiger partial charge in [-0.1, -0.05) is 0 Å². The second-order valence-corrected chi connectivity index (χ2v) is 4.00. The number of carbonyl (C=O) groups is 1. The van der Waals surface area contributed by atoms with Crippen LogP contribution in [0.3, 0.4) is 0 Å². The number of nitrogens with two attached hydrogens (primary N) is 1. The van der Waals surface area contributed by atoms with Crippen LogP contribution in [0.1, 0.15) is 17.3 Å². The first kappa shape index (κ1) is 13.8. The summed E-state index contributed by atoms with van der Waals surface area (Å²) in [6.45, 7) is 2.32. The maximum atomic E-state index is 13.4. The third-order valence-electron chi connectivity index (χ3n) is 2.59. The van der Waals surface area contributed by atoms with Crippen LogP contribution in [-0.2, 0) is 0 Å². The molecule has 0 saturated carbocycles. The number of ether oxygens (including phenoxy) is 1. The van der Waals surface area contributed by atoms with Crippen LogP contribution in [0.2, 0.25) is 0 Å². The lowest BCUT2D eigenvalue weighted by Crippen LogP contribution is -2.13. The van der Waals surface area contributed by atoms with Crippen LogP contribution < -0.4 is 15.8 Å². The normalized spacial score (nSPS) is 10.1. The number of nitrogens with one attached hydrogen (secondary N) is 1. The van der Waals surface area contributed by atoms with Gasteiger partial charge in [-0.05, 0) is 31.2 Å². The van der Waals surface area contributed by atoms with Gasteiger partial charge in [0.25, 0.3) is 5.91 Å². The number of carbonyl (C=O) groups excluding carboxylic acids is 1. The van der Waals surface area contributed by atoms with Crippen LogP contribution in [-0.4, -0.2) is 17.5 Å². The van der Waals surface area contributed by atoms with Crippen molar-refractivity contribution in [2.45, 2.75) is 6.92 Å². The highest BCUT2D eigenvalue weighted by Gasteiger charge is 2.11. The van der Waals surface area contributed by atoms with Crippen molar-refractivity contribution in [3.05, 3.63) is 48.0 Å². The molecule has 1 heterocycles. The number of aromatic nitrogens is 1. The smallest absolute Gasteiger partial charge is 0.255 e. The van der Waals surface area contributed by atoms with Crippen molar-refractivity contribution in [1.29, 1.82) is 0 Å². The Morgan fingerprint density at radius 1 is 1.45 bits per heavy atom. The van der Waals surface area contributed by atoms with E-state index in [1.54, 1.807) is 12.1 Å². The van der Waals surface area contributed by atoms with Gasteiger partial charge in [0.05, 0.1) is 24.2 Å². The average Bonchev–Trinajstić information content (AvgIpc) is 2.43. The Morgan fingerprint density at radius 2 is 2.25 bits per heavy atom. The summed E-state index contributed by atoms with van der Waals surface area (Å²) in [6, 6.07) is 6.04. The summed E-state index contributed by atoms with van der Waals surface area (Å²) in [5.74, 6) is -0.538. The molecule has 0 radical (unpaired) electrons. The number of rotatable bonds is 4. The fraction of sp³-hybridized carbons (Fsp3) is 0.143. The molecule has 0 aliphatic heterocycles. The van der Waals surface area contributed by atoms with Gasteiger partial charge in [0, 0.05) is 11.8 Å². The zero-order valence-electron chi connectivity index (χ0n) is 10.9. The third kappa shape index (κ3) is 3.03. The first-order valence-corrected chi connectivity index (χ1v) is 6.05. The molecule has 0 unspecified atom stereocenters. The fourth-order valence-corrected chi connectivity index (χ4v) is 1.65. The van der Waals surface area contributed by atoms with Crippen molar-refractivity contribution in [3.8, 4) is 5.75 Å². The Hall–Kier alpha value is -2.63. The summed E-state index contributed by atoms with van der Waals surface area (Å²) in [4.78, 5) is 15.6. The van der Waals surface area contributed by atoms with E-state index in [-0.39, 0.29) is 5.69 Å². The van der Waals surface area contributed by atoms with Gasteiger partial charge in [-0.3, -0.25) is 9.78 Å². The van der Waals surface area contributed by atoms with Crippen LogP contribution in [0.15, 0.2) is 36.7 Å². The molecule has 0 bridgehead atoms. The van der Waals surface area contributed by atoms with Crippen molar-refractivity contribution >= 4 is 17.3 Å². The summed E-state index contributed by atoms with van der Waals surface area (Å²) >= 11 is 0. The molecule has 6 heteroatoms. The molecule has 1 aromatic heterocycles. The van der Waals surface area contributed by atoms with E-state index < -0.39 is 11.7 Å². The number of nitrogen functional groups attached to an aromatic ring is 1. The molecule has 20 heavy (non-hydrogen) atoms. The molecule has 1 amide bonds. The SMILES string of the molecule is CCOc1ccc(C(=O)Nc2ccncc2F)cc1N. The predicted molar refractivity (Wildman–Crippen MR) is 74.2 cm³/mol. The number of anilines is 2. The van der Waals surface area contributed by atoms with Gasteiger partial charge in [-0.15, -0.1) is 0 Å². The van der Waals surface area contributed by atoms with Crippen LogP contribution in [0, 0.1) is 5.82 Å². The monoisotopic (exact) mass is 275 g/mol. The predicted octanol–water partition coefficient (Wildman–Crippen LogP) is 2.45. The van der Waals surface area contributed by atoms with Gasteiger partial charge in [0.15, 0.2) is 5.82 Å². The van der Waals surface area contributed by atoms with E-state index in [9.17, 15) is 9.18 Å². The van der Waals surface area contributed by atoms with Crippen LogP contribution in [0.4, 0.5) is 15.8 Å². The second kappa shape index (κ2) is 6.01. The van der Waals surface area contributed by atoms with E-state index >= 15 is 0 Å². The highest BCUT2D eigenvalue weighted by Crippen LogP contribution is 2.23. The summed E-state index contributed by atoms with van der Waals surface area (Å²) in [6.07, 6.45) is 2.42. The number of hydrogen-bond acceptors (Lipinski definition) is 4. The van der Waals surface area contributed by atoms with Crippen molar-refractivity contribution in [2.75, 3.05) is 17.7 Å². The largest absolute Gasteiger partial charge is 0.492 e. The van der Waals surface area contributed by atoms with Crippen LogP contribution in [0.25, 0.3) is 0 Å².